The highest BCUT2D eigenvalue weighted by atomic mass is 32.1. The van der Waals surface area contributed by atoms with Crippen LogP contribution in [0.3, 0.4) is 0 Å². The lowest BCUT2D eigenvalue weighted by Gasteiger charge is -2.09. The van der Waals surface area contributed by atoms with E-state index in [9.17, 15) is 9.59 Å². The fourth-order valence-corrected chi connectivity index (χ4v) is 3.77. The average molecular weight is 410 g/mol. The molecule has 0 atom stereocenters. The highest BCUT2D eigenvalue weighted by Gasteiger charge is 2.27. The Bertz CT molecular complexity index is 991. The molecule has 2 amide bonds. The molecule has 29 heavy (non-hydrogen) atoms. The van der Waals surface area contributed by atoms with Crippen LogP contribution in [0.15, 0.2) is 41.1 Å². The number of nitrogens with zero attached hydrogens (tertiary/aromatic N) is 3. The van der Waals surface area contributed by atoms with Gasteiger partial charge in [-0.2, -0.15) is 11.3 Å². The Morgan fingerprint density at radius 3 is 2.66 bits per heavy atom. The number of amides is 2. The van der Waals surface area contributed by atoms with E-state index < -0.39 is 0 Å². The van der Waals surface area contributed by atoms with Crippen LogP contribution in [0.4, 0.5) is 5.69 Å². The Morgan fingerprint density at radius 2 is 2.00 bits per heavy atom. The van der Waals surface area contributed by atoms with Crippen molar-refractivity contribution in [2.24, 2.45) is 0 Å². The molecule has 0 spiro atoms. The van der Waals surface area contributed by atoms with Crippen molar-refractivity contribution in [3.63, 3.8) is 0 Å². The van der Waals surface area contributed by atoms with Crippen LogP contribution < -0.4 is 10.6 Å². The fourth-order valence-electron chi connectivity index (χ4n) is 3.10. The standard InChI is InChI=1S/C21H23N5O2S/c1-2-3-18-20(21(28)23-16-4-5-16)24-25-26(18)17-8-6-15(7-9-17)22-19(27)12-14-10-11-29-13-14/h6-11,13,16H,2-5,12H2,1H3,(H,22,27)(H,23,28). The second-order valence-electron chi connectivity index (χ2n) is 7.20. The van der Waals surface area contributed by atoms with Gasteiger partial charge in [-0.25, -0.2) is 4.68 Å². The first-order valence-corrected chi connectivity index (χ1v) is 10.7. The first-order valence-electron chi connectivity index (χ1n) is 9.81. The average Bonchev–Trinajstić information content (AvgIpc) is 3.19. The monoisotopic (exact) mass is 409 g/mol. The Balaban J connectivity index is 1.48. The van der Waals surface area contributed by atoms with E-state index in [1.54, 1.807) is 16.0 Å². The van der Waals surface area contributed by atoms with Crippen molar-refractivity contribution in [1.82, 2.24) is 20.3 Å². The lowest BCUT2D eigenvalue weighted by Crippen LogP contribution is -2.27. The minimum Gasteiger partial charge on any atom is -0.348 e. The number of nitrogens with one attached hydrogen (secondary N) is 2. The van der Waals surface area contributed by atoms with Gasteiger partial charge in [0.05, 0.1) is 17.8 Å². The smallest absolute Gasteiger partial charge is 0.273 e. The van der Waals surface area contributed by atoms with Gasteiger partial charge in [0.2, 0.25) is 5.91 Å². The maximum atomic E-state index is 12.5. The van der Waals surface area contributed by atoms with Gasteiger partial charge in [0, 0.05) is 11.7 Å². The summed E-state index contributed by atoms with van der Waals surface area (Å²) in [6, 6.07) is 9.64. The van der Waals surface area contributed by atoms with Crippen molar-refractivity contribution in [3.05, 3.63) is 58.0 Å². The molecule has 1 aliphatic rings. The summed E-state index contributed by atoms with van der Waals surface area (Å²) in [5.74, 6) is -0.206. The fraction of sp³-hybridized carbons (Fsp3) is 0.333. The second-order valence-corrected chi connectivity index (χ2v) is 7.98. The molecule has 0 unspecified atom stereocenters. The molecule has 1 saturated carbocycles. The number of anilines is 1. The molecule has 8 heteroatoms. The molecule has 150 valence electrons. The molecule has 4 rings (SSSR count). The summed E-state index contributed by atoms with van der Waals surface area (Å²) >= 11 is 1.58. The number of carbonyl (C=O) groups is 2. The third kappa shape index (κ3) is 4.71. The lowest BCUT2D eigenvalue weighted by molar-refractivity contribution is -0.115. The van der Waals surface area contributed by atoms with Gasteiger partial charge in [-0.05, 0) is 65.9 Å². The first-order chi connectivity index (χ1) is 14.1. The molecule has 0 bridgehead atoms. The highest BCUT2D eigenvalue weighted by Crippen LogP contribution is 2.21. The summed E-state index contributed by atoms with van der Waals surface area (Å²) in [6.07, 6.45) is 4.01. The summed E-state index contributed by atoms with van der Waals surface area (Å²) in [4.78, 5) is 24.6. The van der Waals surface area contributed by atoms with Crippen LogP contribution >= 0.6 is 11.3 Å². The van der Waals surface area contributed by atoms with Crippen molar-refractivity contribution >= 4 is 28.8 Å². The van der Waals surface area contributed by atoms with Gasteiger partial charge in [-0.15, -0.1) is 5.10 Å². The molecule has 1 aliphatic carbocycles. The van der Waals surface area contributed by atoms with Crippen molar-refractivity contribution in [2.75, 3.05) is 5.32 Å². The van der Waals surface area contributed by atoms with Crippen molar-refractivity contribution < 1.29 is 9.59 Å². The summed E-state index contributed by atoms with van der Waals surface area (Å²) < 4.78 is 1.71. The third-order valence-electron chi connectivity index (χ3n) is 4.72. The molecule has 1 fully saturated rings. The maximum Gasteiger partial charge on any atom is 0.273 e. The molecule has 0 saturated heterocycles. The molecular formula is C21H23N5O2S. The van der Waals surface area contributed by atoms with Gasteiger partial charge >= 0.3 is 0 Å². The maximum absolute atomic E-state index is 12.5. The van der Waals surface area contributed by atoms with E-state index in [0.717, 1.165) is 41.9 Å². The Kier molecular flexibility index (Phi) is 5.71. The molecule has 2 N–H and O–H groups in total. The van der Waals surface area contributed by atoms with Crippen molar-refractivity contribution in [1.29, 1.82) is 0 Å². The van der Waals surface area contributed by atoms with Crippen molar-refractivity contribution in [2.45, 2.75) is 45.1 Å². The van der Waals surface area contributed by atoms with Crippen LogP contribution in [-0.4, -0.2) is 32.9 Å². The molecule has 0 aliphatic heterocycles. The van der Waals surface area contributed by atoms with Crippen molar-refractivity contribution in [3.8, 4) is 5.69 Å². The molecular weight excluding hydrogens is 386 g/mol. The first kappa shape index (κ1) is 19.3. The SMILES string of the molecule is CCCc1c(C(=O)NC2CC2)nnn1-c1ccc(NC(=O)Cc2ccsc2)cc1. The number of benzene rings is 1. The van der Waals surface area contributed by atoms with Gasteiger partial charge in [0.15, 0.2) is 5.69 Å². The van der Waals surface area contributed by atoms with Crippen LogP contribution in [0.2, 0.25) is 0 Å². The zero-order valence-corrected chi connectivity index (χ0v) is 17.0. The molecule has 3 aromatic rings. The molecule has 2 aromatic heterocycles. The van der Waals surface area contributed by atoms with Crippen LogP contribution in [0.5, 0.6) is 0 Å². The van der Waals surface area contributed by atoms with Gasteiger partial charge in [-0.1, -0.05) is 18.6 Å². The molecule has 2 heterocycles. The zero-order chi connectivity index (χ0) is 20.2. The summed E-state index contributed by atoms with van der Waals surface area (Å²) in [7, 11) is 0. The molecule has 7 nitrogen and oxygen atoms in total. The number of hydrogen-bond donors (Lipinski definition) is 2. The zero-order valence-electron chi connectivity index (χ0n) is 16.2. The lowest BCUT2D eigenvalue weighted by atomic mass is 10.2. The third-order valence-corrected chi connectivity index (χ3v) is 5.45. The number of carbonyl (C=O) groups excluding carboxylic acids is 2. The highest BCUT2D eigenvalue weighted by molar-refractivity contribution is 7.08. The normalized spacial score (nSPS) is 13.3. The van der Waals surface area contributed by atoms with E-state index in [1.165, 1.54) is 0 Å². The topological polar surface area (TPSA) is 88.9 Å². The molecule has 0 radical (unpaired) electrons. The van der Waals surface area contributed by atoms with Gasteiger partial charge in [0.25, 0.3) is 5.91 Å². The van der Waals surface area contributed by atoms with Crippen LogP contribution in [0, 0.1) is 0 Å². The minimum absolute atomic E-state index is 0.0531. The van der Waals surface area contributed by atoms with E-state index in [1.807, 2.05) is 41.1 Å². The molecule has 1 aromatic carbocycles. The summed E-state index contributed by atoms with van der Waals surface area (Å²) in [5, 5.41) is 18.2. The van der Waals surface area contributed by atoms with Gasteiger partial charge < -0.3 is 10.6 Å². The van der Waals surface area contributed by atoms with Crippen LogP contribution in [-0.2, 0) is 17.6 Å². The predicted molar refractivity (Wildman–Crippen MR) is 112 cm³/mol. The quantitative estimate of drug-likeness (QED) is 0.597. The van der Waals surface area contributed by atoms with E-state index >= 15 is 0 Å². The van der Waals surface area contributed by atoms with Gasteiger partial charge in [-0.3, -0.25) is 9.59 Å². The largest absolute Gasteiger partial charge is 0.348 e. The predicted octanol–water partition coefficient (Wildman–Crippen LogP) is 3.35. The van der Waals surface area contributed by atoms with Crippen LogP contribution in [0.25, 0.3) is 5.69 Å². The Labute approximate surface area is 173 Å². The summed E-state index contributed by atoms with van der Waals surface area (Å²) in [6.45, 7) is 2.06. The van der Waals surface area contributed by atoms with Crippen LogP contribution in [0.1, 0.15) is 47.9 Å². The van der Waals surface area contributed by atoms with E-state index in [2.05, 4.69) is 27.9 Å². The Morgan fingerprint density at radius 1 is 1.21 bits per heavy atom. The minimum atomic E-state index is -0.153. The Hall–Kier alpha value is -3.00. The van der Waals surface area contributed by atoms with E-state index in [-0.39, 0.29) is 17.9 Å². The number of rotatable bonds is 8. The summed E-state index contributed by atoms with van der Waals surface area (Å²) in [5.41, 5.74) is 3.74. The number of hydrogen-bond acceptors (Lipinski definition) is 5. The van der Waals surface area contributed by atoms with Gasteiger partial charge in [0.1, 0.15) is 0 Å². The van der Waals surface area contributed by atoms with E-state index in [0.29, 0.717) is 18.5 Å². The second kappa shape index (κ2) is 8.57. The number of aromatic nitrogens is 3. The number of thiophene rings is 1. The van der Waals surface area contributed by atoms with E-state index in [4.69, 9.17) is 0 Å².